The maximum Gasteiger partial charge on any atom is 0.235 e. The molecule has 6 heteroatoms. The van der Waals surface area contributed by atoms with Crippen LogP contribution >= 0.6 is 75.3 Å². The van der Waals surface area contributed by atoms with Gasteiger partial charge in [-0.15, -0.1) is 0 Å². The van der Waals surface area contributed by atoms with Gasteiger partial charge in [0.05, 0.1) is 4.83 Å². The number of carbonyl (C=O) groups excluding carboxylic acids is 1. The molecule has 24 heavy (non-hydrogen) atoms. The SMILES string of the molecule is O=C(Cl)C(Br)CCCCCCCCCCCCCCCC(Br)(Br)Br. The Balaban J connectivity index is 3.12. The Morgan fingerprint density at radius 2 is 1.04 bits per heavy atom. The molecule has 0 aliphatic heterocycles. The van der Waals surface area contributed by atoms with Crippen molar-refractivity contribution in [2.75, 3.05) is 0 Å². The van der Waals surface area contributed by atoms with Crippen molar-refractivity contribution in [2.45, 2.75) is 103 Å². The largest absolute Gasteiger partial charge is 0.280 e. The van der Waals surface area contributed by atoms with E-state index in [9.17, 15) is 4.79 Å². The van der Waals surface area contributed by atoms with Gasteiger partial charge in [-0.3, -0.25) is 4.79 Å². The quantitative estimate of drug-likeness (QED) is 0.0958. The summed E-state index contributed by atoms with van der Waals surface area (Å²) in [5, 5.41) is -0.266. The molecule has 1 atom stereocenters. The Morgan fingerprint density at radius 3 is 1.38 bits per heavy atom. The van der Waals surface area contributed by atoms with Crippen molar-refractivity contribution in [3.8, 4) is 0 Å². The third kappa shape index (κ3) is 20.2. The van der Waals surface area contributed by atoms with E-state index in [0.717, 1.165) is 19.3 Å². The normalized spacial score (nSPS) is 13.2. The van der Waals surface area contributed by atoms with Gasteiger partial charge in [0.15, 0.2) is 0 Å². The van der Waals surface area contributed by atoms with Crippen LogP contribution in [-0.4, -0.2) is 12.2 Å². The lowest BCUT2D eigenvalue weighted by Gasteiger charge is -2.10. The summed E-state index contributed by atoms with van der Waals surface area (Å²) >= 11 is 19.3. The van der Waals surface area contributed by atoms with Gasteiger partial charge in [-0.2, -0.15) is 0 Å². The number of alkyl halides is 4. The molecule has 1 nitrogen and oxygen atoms in total. The van der Waals surface area contributed by atoms with Gasteiger partial charge in [-0.25, -0.2) is 0 Å². The van der Waals surface area contributed by atoms with Crippen molar-refractivity contribution in [3.05, 3.63) is 0 Å². The zero-order valence-electron chi connectivity index (χ0n) is 14.5. The average Bonchev–Trinajstić information content (AvgIpc) is 2.49. The van der Waals surface area contributed by atoms with Gasteiger partial charge in [0.1, 0.15) is 2.14 Å². The van der Waals surface area contributed by atoms with Gasteiger partial charge in [0.2, 0.25) is 5.24 Å². The van der Waals surface area contributed by atoms with Gasteiger partial charge in [0, 0.05) is 0 Å². The Kier molecular flexibility index (Phi) is 18.3. The topological polar surface area (TPSA) is 17.1 Å². The van der Waals surface area contributed by atoms with E-state index in [0.29, 0.717) is 0 Å². The summed E-state index contributed by atoms with van der Waals surface area (Å²) < 4.78 is -0.0511. The van der Waals surface area contributed by atoms with E-state index in [1.54, 1.807) is 0 Å². The van der Waals surface area contributed by atoms with E-state index in [4.69, 9.17) is 11.6 Å². The highest BCUT2D eigenvalue weighted by Gasteiger charge is 2.15. The third-order valence-corrected chi connectivity index (χ3v) is 6.75. The molecule has 0 rings (SSSR count). The molecule has 0 aromatic heterocycles. The first-order valence-electron chi connectivity index (χ1n) is 9.23. The average molecular weight is 619 g/mol. The van der Waals surface area contributed by atoms with Gasteiger partial charge < -0.3 is 0 Å². The highest BCUT2D eigenvalue weighted by atomic mass is 80.0. The van der Waals surface area contributed by atoms with Crippen molar-refractivity contribution >= 4 is 80.6 Å². The van der Waals surface area contributed by atoms with E-state index in [2.05, 4.69) is 63.7 Å². The molecule has 0 aromatic carbocycles. The first-order chi connectivity index (χ1) is 11.3. The molecule has 0 heterocycles. The standard InChI is InChI=1S/C18H31Br4ClO/c19-16(17(23)24)14-12-10-8-6-4-2-1-3-5-7-9-11-13-15-18(20,21)22/h16H,1-15H2. The summed E-state index contributed by atoms with van der Waals surface area (Å²) in [6.45, 7) is 0. The van der Waals surface area contributed by atoms with Crippen LogP contribution in [0.15, 0.2) is 0 Å². The van der Waals surface area contributed by atoms with Crippen LogP contribution in [0.3, 0.4) is 0 Å². The lowest BCUT2D eigenvalue weighted by Crippen LogP contribution is -2.06. The van der Waals surface area contributed by atoms with E-state index >= 15 is 0 Å². The molecule has 0 saturated carbocycles. The van der Waals surface area contributed by atoms with Crippen molar-refractivity contribution in [3.63, 3.8) is 0 Å². The van der Waals surface area contributed by atoms with E-state index in [1.165, 1.54) is 77.0 Å². The van der Waals surface area contributed by atoms with Gasteiger partial charge >= 0.3 is 0 Å². The first kappa shape index (κ1) is 25.9. The van der Waals surface area contributed by atoms with Crippen LogP contribution in [-0.2, 0) is 4.79 Å². The lowest BCUT2D eigenvalue weighted by atomic mass is 10.0. The van der Waals surface area contributed by atoms with E-state index in [1.807, 2.05) is 0 Å². The van der Waals surface area contributed by atoms with Gasteiger partial charge in [-0.05, 0) is 24.4 Å². The summed E-state index contributed by atoms with van der Waals surface area (Å²) in [4.78, 5) is 10.7. The minimum atomic E-state index is -0.266. The number of hydrogen-bond acceptors (Lipinski definition) is 1. The fourth-order valence-electron chi connectivity index (χ4n) is 2.71. The molecule has 1 unspecified atom stereocenters. The Hall–Kier alpha value is 1.88. The molecule has 0 aliphatic carbocycles. The summed E-state index contributed by atoms with van der Waals surface area (Å²) in [6.07, 6.45) is 19.1. The van der Waals surface area contributed by atoms with Crippen molar-refractivity contribution in [1.29, 1.82) is 0 Å². The summed E-state index contributed by atoms with van der Waals surface area (Å²) in [5.74, 6) is 0. The van der Waals surface area contributed by atoms with Crippen molar-refractivity contribution in [2.24, 2.45) is 0 Å². The minimum Gasteiger partial charge on any atom is -0.280 e. The highest BCUT2D eigenvalue weighted by molar-refractivity contribution is 9.39. The van der Waals surface area contributed by atoms with Gasteiger partial charge in [-0.1, -0.05) is 147 Å². The van der Waals surface area contributed by atoms with Crippen LogP contribution in [0.4, 0.5) is 0 Å². The molecule has 0 aromatic rings. The molecular weight excluding hydrogens is 587 g/mol. The smallest absolute Gasteiger partial charge is 0.235 e. The van der Waals surface area contributed by atoms with E-state index in [-0.39, 0.29) is 12.2 Å². The minimum absolute atomic E-state index is 0.0511. The first-order valence-corrected chi connectivity index (χ1v) is 12.9. The summed E-state index contributed by atoms with van der Waals surface area (Å²) in [7, 11) is 0. The predicted octanol–water partition coefficient (Wildman–Crippen LogP) is 9.21. The molecule has 144 valence electrons. The van der Waals surface area contributed by atoms with Crippen molar-refractivity contribution < 1.29 is 4.79 Å². The number of halogens is 5. The zero-order chi connectivity index (χ0) is 18.3. The van der Waals surface area contributed by atoms with Crippen LogP contribution < -0.4 is 0 Å². The fraction of sp³-hybridized carbons (Fsp3) is 0.944. The number of carbonyl (C=O) groups is 1. The fourth-order valence-corrected chi connectivity index (χ4v) is 3.98. The molecular formula is C18H31Br4ClO. The van der Waals surface area contributed by atoms with Crippen LogP contribution in [0.2, 0.25) is 0 Å². The monoisotopic (exact) mass is 614 g/mol. The summed E-state index contributed by atoms with van der Waals surface area (Å²) in [5.41, 5.74) is 0. The maximum atomic E-state index is 10.9. The van der Waals surface area contributed by atoms with Crippen LogP contribution in [0.25, 0.3) is 0 Å². The Labute approximate surface area is 187 Å². The highest BCUT2D eigenvalue weighted by Crippen LogP contribution is 2.38. The second-order valence-electron chi connectivity index (χ2n) is 6.52. The molecule has 0 N–H and O–H groups in total. The lowest BCUT2D eigenvalue weighted by molar-refractivity contribution is -0.111. The maximum absolute atomic E-state index is 10.9. The molecule has 0 bridgehead atoms. The van der Waals surface area contributed by atoms with Crippen LogP contribution in [0.1, 0.15) is 96.3 Å². The molecule has 0 aliphatic rings. The number of unbranched alkanes of at least 4 members (excludes halogenated alkanes) is 12. The molecule has 0 radical (unpaired) electrons. The van der Waals surface area contributed by atoms with Crippen LogP contribution in [0.5, 0.6) is 0 Å². The molecule has 0 saturated heterocycles. The Bertz CT molecular complexity index is 308. The zero-order valence-corrected chi connectivity index (χ0v) is 21.6. The van der Waals surface area contributed by atoms with Gasteiger partial charge in [0.25, 0.3) is 0 Å². The molecule has 0 fully saturated rings. The number of hydrogen-bond donors (Lipinski definition) is 0. The van der Waals surface area contributed by atoms with E-state index < -0.39 is 0 Å². The van der Waals surface area contributed by atoms with Crippen molar-refractivity contribution in [1.82, 2.24) is 0 Å². The molecule has 0 amide bonds. The second-order valence-corrected chi connectivity index (χ2v) is 15.3. The van der Waals surface area contributed by atoms with Crippen LogP contribution in [0, 0.1) is 0 Å². The predicted molar refractivity (Wildman–Crippen MR) is 122 cm³/mol. The molecule has 0 spiro atoms. The summed E-state index contributed by atoms with van der Waals surface area (Å²) in [6, 6.07) is 0. The number of rotatable bonds is 16. The second kappa shape index (κ2) is 17.0. The Morgan fingerprint density at radius 1 is 0.708 bits per heavy atom. The third-order valence-electron chi connectivity index (χ3n) is 4.16.